The van der Waals surface area contributed by atoms with Crippen LogP contribution in [0.1, 0.15) is 30.1 Å². The molecule has 0 heterocycles. The highest BCUT2D eigenvalue weighted by Gasteiger charge is 2.12. The fourth-order valence-electron chi connectivity index (χ4n) is 1.71. The minimum atomic E-state index is -0.505. The first-order valence-corrected chi connectivity index (χ1v) is 6.50. The van der Waals surface area contributed by atoms with E-state index in [1.807, 2.05) is 6.92 Å². The molecule has 1 rings (SSSR count). The van der Waals surface area contributed by atoms with E-state index in [0.717, 1.165) is 6.07 Å². The van der Waals surface area contributed by atoms with Crippen molar-refractivity contribution in [3.05, 3.63) is 35.6 Å². The first-order valence-electron chi connectivity index (χ1n) is 6.50. The summed E-state index contributed by atoms with van der Waals surface area (Å²) in [5.74, 6) is -1.35. The van der Waals surface area contributed by atoms with Crippen molar-refractivity contribution in [2.45, 2.75) is 25.8 Å². The lowest BCUT2D eigenvalue weighted by Crippen LogP contribution is -2.42. The average Bonchev–Trinajstić information content (AvgIpc) is 2.44. The van der Waals surface area contributed by atoms with Crippen LogP contribution in [0, 0.1) is 5.82 Å². The molecule has 0 saturated heterocycles. The Morgan fingerprint density at radius 1 is 1.40 bits per heavy atom. The van der Waals surface area contributed by atoms with Crippen molar-refractivity contribution in [3.8, 4) is 0 Å². The molecular formula is C14H19FN2O3. The number of carbonyl (C=O) groups excluding carboxylic acids is 2. The maximum absolute atomic E-state index is 12.9. The van der Waals surface area contributed by atoms with Crippen LogP contribution in [0.25, 0.3) is 0 Å². The highest BCUT2D eigenvalue weighted by Crippen LogP contribution is 2.03. The molecule has 1 unspecified atom stereocenters. The molecule has 5 nitrogen and oxygen atoms in total. The monoisotopic (exact) mass is 282 g/mol. The number of aliphatic hydroxyl groups excluding tert-OH is 1. The zero-order chi connectivity index (χ0) is 15.0. The molecule has 6 heteroatoms. The number of hydrogen-bond acceptors (Lipinski definition) is 3. The van der Waals surface area contributed by atoms with E-state index in [1.165, 1.54) is 18.2 Å². The van der Waals surface area contributed by atoms with Crippen LogP contribution in [-0.4, -0.2) is 36.1 Å². The Labute approximate surface area is 117 Å². The van der Waals surface area contributed by atoms with Crippen molar-refractivity contribution in [3.63, 3.8) is 0 Å². The summed E-state index contributed by atoms with van der Waals surface area (Å²) in [6, 6.07) is 5.13. The maximum atomic E-state index is 12.9. The first kappa shape index (κ1) is 16.1. The van der Waals surface area contributed by atoms with Crippen molar-refractivity contribution in [2.75, 3.05) is 13.2 Å². The third kappa shape index (κ3) is 5.36. The van der Waals surface area contributed by atoms with Crippen molar-refractivity contribution < 1.29 is 19.1 Å². The molecule has 0 fully saturated rings. The van der Waals surface area contributed by atoms with Gasteiger partial charge in [-0.25, -0.2) is 4.39 Å². The van der Waals surface area contributed by atoms with E-state index in [1.54, 1.807) is 0 Å². The molecule has 0 aromatic heterocycles. The molecule has 3 N–H and O–H groups in total. The van der Waals surface area contributed by atoms with Crippen LogP contribution in [0.15, 0.2) is 24.3 Å². The van der Waals surface area contributed by atoms with Gasteiger partial charge in [0.05, 0.1) is 6.54 Å². The Balaban J connectivity index is 2.42. The molecule has 1 atom stereocenters. The van der Waals surface area contributed by atoms with Gasteiger partial charge in [0.2, 0.25) is 5.91 Å². The van der Waals surface area contributed by atoms with Crippen LogP contribution in [0.2, 0.25) is 0 Å². The Bertz CT molecular complexity index is 465. The standard InChI is InChI=1S/C14H19FN2O3/c1-2-12(6-7-18)17-13(19)9-16-14(20)10-4-3-5-11(15)8-10/h3-5,8,12,18H,2,6-7,9H2,1H3,(H,16,20)(H,17,19). The third-order valence-electron chi connectivity index (χ3n) is 2.83. The SMILES string of the molecule is CCC(CCO)NC(=O)CNC(=O)c1cccc(F)c1. The van der Waals surface area contributed by atoms with E-state index in [2.05, 4.69) is 10.6 Å². The molecule has 0 aliphatic carbocycles. The van der Waals surface area contributed by atoms with Gasteiger partial charge in [0.15, 0.2) is 0 Å². The lowest BCUT2D eigenvalue weighted by Gasteiger charge is -2.15. The molecule has 0 spiro atoms. The second-order valence-electron chi connectivity index (χ2n) is 4.38. The zero-order valence-corrected chi connectivity index (χ0v) is 11.4. The average molecular weight is 282 g/mol. The third-order valence-corrected chi connectivity index (χ3v) is 2.83. The van der Waals surface area contributed by atoms with Gasteiger partial charge >= 0.3 is 0 Å². The summed E-state index contributed by atoms with van der Waals surface area (Å²) in [4.78, 5) is 23.3. The van der Waals surface area contributed by atoms with Gasteiger partial charge in [-0.2, -0.15) is 0 Å². The number of carbonyl (C=O) groups is 2. The molecule has 0 saturated carbocycles. The summed E-state index contributed by atoms with van der Waals surface area (Å²) in [6.45, 7) is 1.71. The minimum absolute atomic E-state index is 0.00552. The zero-order valence-electron chi connectivity index (χ0n) is 11.4. The predicted octanol–water partition coefficient (Wildman–Crippen LogP) is 0.833. The number of hydrogen-bond donors (Lipinski definition) is 3. The summed E-state index contributed by atoms with van der Waals surface area (Å²) in [6.07, 6.45) is 1.17. The fraction of sp³-hybridized carbons (Fsp3) is 0.429. The van der Waals surface area contributed by atoms with Crippen molar-refractivity contribution in [1.82, 2.24) is 10.6 Å². The molecule has 2 amide bonds. The van der Waals surface area contributed by atoms with Crippen LogP contribution in [0.5, 0.6) is 0 Å². The van der Waals surface area contributed by atoms with Crippen LogP contribution in [0.4, 0.5) is 4.39 Å². The molecule has 0 aliphatic heterocycles. The molecule has 0 radical (unpaired) electrons. The number of amides is 2. The Hall–Kier alpha value is -1.95. The number of rotatable bonds is 7. The Morgan fingerprint density at radius 2 is 2.15 bits per heavy atom. The minimum Gasteiger partial charge on any atom is -0.396 e. The normalized spacial score (nSPS) is 11.8. The van der Waals surface area contributed by atoms with E-state index >= 15 is 0 Å². The van der Waals surface area contributed by atoms with Crippen LogP contribution >= 0.6 is 0 Å². The maximum Gasteiger partial charge on any atom is 0.251 e. The molecular weight excluding hydrogens is 263 g/mol. The lowest BCUT2D eigenvalue weighted by atomic mass is 10.1. The molecule has 1 aromatic carbocycles. The molecule has 20 heavy (non-hydrogen) atoms. The first-order chi connectivity index (χ1) is 9.56. The van der Waals surface area contributed by atoms with E-state index in [4.69, 9.17) is 5.11 Å². The largest absolute Gasteiger partial charge is 0.396 e. The summed E-state index contributed by atoms with van der Waals surface area (Å²) in [5, 5.41) is 13.9. The van der Waals surface area contributed by atoms with Gasteiger partial charge in [-0.15, -0.1) is 0 Å². The number of aliphatic hydroxyl groups is 1. The molecule has 1 aromatic rings. The molecule has 110 valence electrons. The highest BCUT2D eigenvalue weighted by molar-refractivity contribution is 5.96. The van der Waals surface area contributed by atoms with Gasteiger partial charge in [-0.1, -0.05) is 13.0 Å². The van der Waals surface area contributed by atoms with Gasteiger partial charge in [0, 0.05) is 18.2 Å². The van der Waals surface area contributed by atoms with Crippen LogP contribution in [0.3, 0.4) is 0 Å². The fourth-order valence-corrected chi connectivity index (χ4v) is 1.71. The Morgan fingerprint density at radius 3 is 2.75 bits per heavy atom. The molecule has 0 aliphatic rings. The van der Waals surface area contributed by atoms with Crippen molar-refractivity contribution in [2.24, 2.45) is 0 Å². The van der Waals surface area contributed by atoms with Crippen molar-refractivity contribution in [1.29, 1.82) is 0 Å². The molecule has 0 bridgehead atoms. The quantitative estimate of drug-likeness (QED) is 0.693. The number of nitrogens with one attached hydrogen (secondary N) is 2. The topological polar surface area (TPSA) is 78.4 Å². The van der Waals surface area contributed by atoms with Gasteiger partial charge in [0.25, 0.3) is 5.91 Å². The van der Waals surface area contributed by atoms with Crippen LogP contribution < -0.4 is 10.6 Å². The van der Waals surface area contributed by atoms with E-state index < -0.39 is 11.7 Å². The number of halogens is 1. The van der Waals surface area contributed by atoms with Gasteiger partial charge in [-0.05, 0) is 31.0 Å². The second kappa shape index (κ2) is 8.27. The summed E-state index contributed by atoms with van der Waals surface area (Å²) < 4.78 is 12.9. The van der Waals surface area contributed by atoms with E-state index in [-0.39, 0.29) is 30.7 Å². The lowest BCUT2D eigenvalue weighted by molar-refractivity contribution is -0.120. The highest BCUT2D eigenvalue weighted by atomic mass is 19.1. The van der Waals surface area contributed by atoms with E-state index in [0.29, 0.717) is 12.8 Å². The smallest absolute Gasteiger partial charge is 0.251 e. The van der Waals surface area contributed by atoms with Crippen molar-refractivity contribution >= 4 is 11.8 Å². The summed E-state index contributed by atoms with van der Waals surface area (Å²) >= 11 is 0. The van der Waals surface area contributed by atoms with Gasteiger partial charge in [-0.3, -0.25) is 9.59 Å². The summed E-state index contributed by atoms with van der Waals surface area (Å²) in [7, 11) is 0. The Kier molecular flexibility index (Phi) is 6.66. The van der Waals surface area contributed by atoms with Gasteiger partial charge in [0.1, 0.15) is 5.82 Å². The van der Waals surface area contributed by atoms with Crippen LogP contribution in [-0.2, 0) is 4.79 Å². The second-order valence-corrected chi connectivity index (χ2v) is 4.38. The number of benzene rings is 1. The van der Waals surface area contributed by atoms with Gasteiger partial charge < -0.3 is 15.7 Å². The summed E-state index contributed by atoms with van der Waals surface area (Å²) in [5.41, 5.74) is 0.167. The predicted molar refractivity (Wildman–Crippen MR) is 72.7 cm³/mol. The van der Waals surface area contributed by atoms with E-state index in [9.17, 15) is 14.0 Å².